The summed E-state index contributed by atoms with van der Waals surface area (Å²) in [6, 6.07) is 6.12. The van der Waals surface area contributed by atoms with E-state index in [4.69, 9.17) is 11.6 Å². The van der Waals surface area contributed by atoms with Crippen LogP contribution in [0.3, 0.4) is 0 Å². The molecule has 0 unspecified atom stereocenters. The number of carbonyl (C=O) groups excluding carboxylic acids is 1. The van der Waals surface area contributed by atoms with Gasteiger partial charge in [-0.05, 0) is 49.2 Å². The number of benzene rings is 1. The van der Waals surface area contributed by atoms with Crippen molar-refractivity contribution in [2.24, 2.45) is 0 Å². The molecule has 1 heterocycles. The Balaban J connectivity index is 2.51. The average molecular weight is 269 g/mol. The lowest BCUT2D eigenvalue weighted by atomic mass is 9.98. The number of carbonyl (C=O) groups is 1. The molecular formula is C13H10ClFOS. The third kappa shape index (κ3) is 2.40. The van der Waals surface area contributed by atoms with Crippen molar-refractivity contribution >= 4 is 28.7 Å². The summed E-state index contributed by atoms with van der Waals surface area (Å²) in [7, 11) is 0. The molecule has 0 saturated carbocycles. The van der Waals surface area contributed by atoms with Crippen LogP contribution in [0.2, 0.25) is 4.34 Å². The first kappa shape index (κ1) is 12.3. The first-order valence-corrected chi connectivity index (χ1v) is 6.25. The summed E-state index contributed by atoms with van der Waals surface area (Å²) in [5.74, 6) is -0.419. The zero-order valence-corrected chi connectivity index (χ0v) is 11.0. The predicted octanol–water partition coefficient (Wildman–Crippen LogP) is 4.39. The maximum Gasteiger partial charge on any atom is 0.203 e. The minimum atomic E-state index is -0.319. The van der Waals surface area contributed by atoms with Gasteiger partial charge in [0.2, 0.25) is 5.78 Å². The van der Waals surface area contributed by atoms with Gasteiger partial charge in [-0.15, -0.1) is 11.3 Å². The van der Waals surface area contributed by atoms with Gasteiger partial charge in [-0.1, -0.05) is 11.6 Å². The summed E-state index contributed by atoms with van der Waals surface area (Å²) in [5.41, 5.74) is 1.86. The van der Waals surface area contributed by atoms with Crippen molar-refractivity contribution in [2.45, 2.75) is 13.8 Å². The van der Waals surface area contributed by atoms with E-state index in [0.29, 0.717) is 25.9 Å². The van der Waals surface area contributed by atoms with Crippen LogP contribution in [0, 0.1) is 19.7 Å². The van der Waals surface area contributed by atoms with Gasteiger partial charge in [0.15, 0.2) is 0 Å². The molecule has 2 aromatic rings. The normalized spacial score (nSPS) is 10.6. The Labute approximate surface area is 108 Å². The van der Waals surface area contributed by atoms with Gasteiger partial charge in [-0.2, -0.15) is 0 Å². The fourth-order valence-electron chi connectivity index (χ4n) is 1.83. The highest BCUT2D eigenvalue weighted by Gasteiger charge is 2.17. The van der Waals surface area contributed by atoms with E-state index in [1.54, 1.807) is 26.0 Å². The second kappa shape index (κ2) is 4.59. The van der Waals surface area contributed by atoms with Gasteiger partial charge in [0.05, 0.1) is 9.21 Å². The molecule has 17 heavy (non-hydrogen) atoms. The summed E-state index contributed by atoms with van der Waals surface area (Å²) in [6.07, 6.45) is 0. The molecule has 0 amide bonds. The van der Waals surface area contributed by atoms with Crippen LogP contribution in [0.4, 0.5) is 4.39 Å². The van der Waals surface area contributed by atoms with Gasteiger partial charge in [0.1, 0.15) is 5.82 Å². The van der Waals surface area contributed by atoms with Crippen molar-refractivity contribution < 1.29 is 9.18 Å². The monoisotopic (exact) mass is 268 g/mol. The second-order valence-electron chi connectivity index (χ2n) is 3.85. The van der Waals surface area contributed by atoms with Crippen LogP contribution in [0.15, 0.2) is 24.3 Å². The topological polar surface area (TPSA) is 17.1 Å². The number of thiophene rings is 1. The van der Waals surface area contributed by atoms with E-state index in [9.17, 15) is 9.18 Å². The summed E-state index contributed by atoms with van der Waals surface area (Å²) in [6.45, 7) is 3.47. The third-order valence-corrected chi connectivity index (χ3v) is 3.75. The molecule has 0 bridgehead atoms. The zero-order chi connectivity index (χ0) is 12.6. The van der Waals surface area contributed by atoms with Crippen LogP contribution in [0.25, 0.3) is 0 Å². The molecule has 1 aromatic heterocycles. The number of halogens is 2. The second-order valence-corrected chi connectivity index (χ2v) is 5.56. The summed E-state index contributed by atoms with van der Waals surface area (Å²) in [5, 5.41) is 0. The van der Waals surface area contributed by atoms with Gasteiger partial charge in [0.25, 0.3) is 0 Å². The fraction of sp³-hybridized carbons (Fsp3) is 0.154. The summed E-state index contributed by atoms with van der Waals surface area (Å²) < 4.78 is 13.7. The Morgan fingerprint density at radius 1 is 1.24 bits per heavy atom. The number of aryl methyl sites for hydroxylation is 2. The number of hydrogen-bond acceptors (Lipinski definition) is 2. The van der Waals surface area contributed by atoms with Crippen molar-refractivity contribution in [3.8, 4) is 0 Å². The molecule has 0 atom stereocenters. The Morgan fingerprint density at radius 3 is 2.29 bits per heavy atom. The first-order valence-electron chi connectivity index (χ1n) is 5.06. The maximum absolute atomic E-state index is 13.1. The molecule has 0 aliphatic carbocycles. The minimum Gasteiger partial charge on any atom is -0.288 e. The Morgan fingerprint density at radius 2 is 1.82 bits per heavy atom. The van der Waals surface area contributed by atoms with E-state index >= 15 is 0 Å². The van der Waals surface area contributed by atoms with Crippen LogP contribution >= 0.6 is 22.9 Å². The molecule has 0 aliphatic heterocycles. The van der Waals surface area contributed by atoms with Crippen LogP contribution in [0.1, 0.15) is 26.4 Å². The number of ketones is 1. The van der Waals surface area contributed by atoms with Gasteiger partial charge in [0, 0.05) is 5.56 Å². The molecule has 0 spiro atoms. The van der Waals surface area contributed by atoms with Gasteiger partial charge in [-0.3, -0.25) is 4.79 Å². The van der Waals surface area contributed by atoms with Crippen LogP contribution in [0.5, 0.6) is 0 Å². The van der Waals surface area contributed by atoms with Crippen molar-refractivity contribution in [3.63, 3.8) is 0 Å². The lowest BCUT2D eigenvalue weighted by molar-refractivity contribution is 0.104. The molecule has 0 radical (unpaired) electrons. The smallest absolute Gasteiger partial charge is 0.203 e. The summed E-state index contributed by atoms with van der Waals surface area (Å²) >= 11 is 7.04. The van der Waals surface area contributed by atoms with Gasteiger partial charge in [-0.25, -0.2) is 4.39 Å². The van der Waals surface area contributed by atoms with E-state index in [1.807, 2.05) is 0 Å². The molecule has 0 N–H and O–H groups in total. The molecular weight excluding hydrogens is 259 g/mol. The number of rotatable bonds is 2. The molecule has 1 aromatic carbocycles. The highest BCUT2D eigenvalue weighted by molar-refractivity contribution is 7.18. The van der Waals surface area contributed by atoms with E-state index in [-0.39, 0.29) is 11.6 Å². The van der Waals surface area contributed by atoms with Crippen molar-refractivity contribution in [3.05, 3.63) is 56.0 Å². The first-order chi connectivity index (χ1) is 7.99. The van der Waals surface area contributed by atoms with Crippen LogP contribution in [-0.4, -0.2) is 5.78 Å². The maximum atomic E-state index is 13.1. The zero-order valence-electron chi connectivity index (χ0n) is 9.38. The van der Waals surface area contributed by atoms with E-state index < -0.39 is 0 Å². The van der Waals surface area contributed by atoms with Crippen molar-refractivity contribution in [1.29, 1.82) is 0 Å². The van der Waals surface area contributed by atoms with E-state index in [0.717, 1.165) is 0 Å². The lowest BCUT2D eigenvalue weighted by Gasteiger charge is -2.07. The molecule has 0 aliphatic rings. The Kier molecular flexibility index (Phi) is 3.31. The van der Waals surface area contributed by atoms with Crippen LogP contribution in [-0.2, 0) is 0 Å². The third-order valence-electron chi connectivity index (χ3n) is 2.52. The predicted molar refractivity (Wildman–Crippen MR) is 68.6 cm³/mol. The average Bonchev–Trinajstić information content (AvgIpc) is 2.63. The highest BCUT2D eigenvalue weighted by atomic mass is 35.5. The Hall–Kier alpha value is -1.19. The van der Waals surface area contributed by atoms with Crippen LogP contribution < -0.4 is 0 Å². The van der Waals surface area contributed by atoms with Gasteiger partial charge < -0.3 is 0 Å². The van der Waals surface area contributed by atoms with E-state index in [1.165, 1.54) is 23.5 Å². The highest BCUT2D eigenvalue weighted by Crippen LogP contribution is 2.26. The molecule has 1 nitrogen and oxygen atoms in total. The molecule has 0 fully saturated rings. The summed E-state index contributed by atoms with van der Waals surface area (Å²) in [4.78, 5) is 12.8. The quantitative estimate of drug-likeness (QED) is 0.739. The Bertz CT molecular complexity index is 566. The van der Waals surface area contributed by atoms with Crippen molar-refractivity contribution in [1.82, 2.24) is 0 Å². The molecule has 88 valence electrons. The SMILES string of the molecule is Cc1cc(F)cc(C)c1C(=O)c1ccc(Cl)s1. The number of hydrogen-bond donors (Lipinski definition) is 0. The standard InChI is InChI=1S/C13H10ClFOS/c1-7-5-9(15)6-8(2)12(7)13(16)10-3-4-11(14)17-10/h3-6H,1-2H3. The molecule has 2 rings (SSSR count). The fourth-order valence-corrected chi connectivity index (χ4v) is 2.82. The molecule has 4 heteroatoms. The van der Waals surface area contributed by atoms with Gasteiger partial charge >= 0.3 is 0 Å². The van der Waals surface area contributed by atoms with Crippen molar-refractivity contribution in [2.75, 3.05) is 0 Å². The lowest BCUT2D eigenvalue weighted by Crippen LogP contribution is -2.05. The molecule has 0 saturated heterocycles. The van der Waals surface area contributed by atoms with E-state index in [2.05, 4.69) is 0 Å². The largest absolute Gasteiger partial charge is 0.288 e. The minimum absolute atomic E-state index is 0.100.